The predicted octanol–water partition coefficient (Wildman–Crippen LogP) is 2.45. The maximum absolute atomic E-state index is 13.4. The first-order valence-electron chi connectivity index (χ1n) is 7.20. The van der Waals surface area contributed by atoms with Crippen LogP contribution in [0.15, 0.2) is 24.3 Å². The number of halogens is 1. The zero-order valence-electron chi connectivity index (χ0n) is 12.4. The Hall–Kier alpha value is -1.88. The Balaban J connectivity index is 2.25. The van der Waals surface area contributed by atoms with Crippen LogP contribution >= 0.6 is 0 Å². The molecule has 1 heterocycles. The molecule has 1 saturated heterocycles. The molecule has 0 spiro atoms. The molecular formula is C16H21FN2O2. The Morgan fingerprint density at radius 1 is 1.48 bits per heavy atom. The average Bonchev–Trinajstić information content (AvgIpc) is 2.45. The van der Waals surface area contributed by atoms with Gasteiger partial charge in [0.15, 0.2) is 0 Å². The van der Waals surface area contributed by atoms with E-state index in [0.717, 1.165) is 37.9 Å². The van der Waals surface area contributed by atoms with E-state index in [1.54, 1.807) is 6.07 Å². The summed E-state index contributed by atoms with van der Waals surface area (Å²) in [5, 5.41) is 8.75. The highest BCUT2D eigenvalue weighted by Crippen LogP contribution is 2.25. The van der Waals surface area contributed by atoms with E-state index >= 15 is 0 Å². The van der Waals surface area contributed by atoms with Crippen molar-refractivity contribution in [2.24, 2.45) is 0 Å². The lowest BCUT2D eigenvalue weighted by molar-refractivity contribution is -0.131. The van der Waals surface area contributed by atoms with E-state index in [2.05, 4.69) is 23.6 Å². The molecule has 1 aromatic rings. The van der Waals surface area contributed by atoms with Crippen LogP contribution in [0.1, 0.15) is 19.4 Å². The second-order valence-electron chi connectivity index (χ2n) is 5.30. The van der Waals surface area contributed by atoms with E-state index in [1.807, 2.05) is 0 Å². The lowest BCUT2D eigenvalue weighted by atomic mass is 10.1. The third-order valence-electron chi connectivity index (χ3n) is 3.91. The molecule has 0 radical (unpaired) electrons. The lowest BCUT2D eigenvalue weighted by Gasteiger charge is -2.41. The Morgan fingerprint density at radius 2 is 2.24 bits per heavy atom. The van der Waals surface area contributed by atoms with Crippen LogP contribution in [-0.2, 0) is 4.79 Å². The van der Waals surface area contributed by atoms with Gasteiger partial charge in [0.05, 0.1) is 0 Å². The number of benzene rings is 1. The second-order valence-corrected chi connectivity index (χ2v) is 5.30. The minimum Gasteiger partial charge on any atom is -0.478 e. The molecule has 4 nitrogen and oxygen atoms in total. The van der Waals surface area contributed by atoms with Crippen LogP contribution in [0.5, 0.6) is 0 Å². The summed E-state index contributed by atoms with van der Waals surface area (Å²) in [5.74, 6) is -1.39. The van der Waals surface area contributed by atoms with E-state index < -0.39 is 5.97 Å². The number of hydrogen-bond donors (Lipinski definition) is 1. The minimum absolute atomic E-state index is 0.357. The third kappa shape index (κ3) is 3.82. The van der Waals surface area contributed by atoms with Gasteiger partial charge in [-0.15, -0.1) is 0 Å². The summed E-state index contributed by atoms with van der Waals surface area (Å²) in [7, 11) is 0. The smallest absolute Gasteiger partial charge is 0.328 e. The Labute approximate surface area is 124 Å². The molecule has 1 aliphatic heterocycles. The summed E-state index contributed by atoms with van der Waals surface area (Å²) in [5.41, 5.74) is 1.49. The van der Waals surface area contributed by atoms with Gasteiger partial charge in [0.2, 0.25) is 0 Å². The molecule has 1 atom stereocenters. The number of carbonyl (C=O) groups is 1. The number of carboxylic acid groups (broad SMARTS) is 1. The highest BCUT2D eigenvalue weighted by atomic mass is 19.1. The van der Waals surface area contributed by atoms with Crippen molar-refractivity contribution >= 4 is 17.7 Å². The topological polar surface area (TPSA) is 43.8 Å². The van der Waals surface area contributed by atoms with Crippen molar-refractivity contribution in [3.05, 3.63) is 35.7 Å². The Kier molecular flexibility index (Phi) is 4.96. The van der Waals surface area contributed by atoms with Gasteiger partial charge in [-0.2, -0.15) is 0 Å². The van der Waals surface area contributed by atoms with Crippen LogP contribution in [0.4, 0.5) is 10.1 Å². The lowest BCUT2D eigenvalue weighted by Crippen LogP contribution is -2.51. The van der Waals surface area contributed by atoms with Gasteiger partial charge >= 0.3 is 5.97 Å². The molecule has 21 heavy (non-hydrogen) atoms. The molecule has 1 N–H and O–H groups in total. The van der Waals surface area contributed by atoms with E-state index in [0.29, 0.717) is 11.6 Å². The fourth-order valence-electron chi connectivity index (χ4n) is 2.79. The minimum atomic E-state index is -1.03. The van der Waals surface area contributed by atoms with Crippen molar-refractivity contribution in [3.8, 4) is 0 Å². The number of nitrogens with zero attached hydrogens (tertiary/aromatic N) is 2. The SMILES string of the molecule is CCN1CCN(c2ccc(F)cc2C=CC(=O)O)CC1C. The fourth-order valence-corrected chi connectivity index (χ4v) is 2.79. The van der Waals surface area contributed by atoms with Crippen molar-refractivity contribution < 1.29 is 14.3 Å². The monoisotopic (exact) mass is 292 g/mol. The molecule has 1 aromatic carbocycles. The first-order chi connectivity index (χ1) is 10.0. The summed E-state index contributed by atoms with van der Waals surface area (Å²) in [4.78, 5) is 15.3. The van der Waals surface area contributed by atoms with Crippen LogP contribution < -0.4 is 4.90 Å². The number of aliphatic carboxylic acids is 1. The number of piperazine rings is 1. The first-order valence-corrected chi connectivity index (χ1v) is 7.20. The van der Waals surface area contributed by atoms with Crippen LogP contribution in [0.3, 0.4) is 0 Å². The van der Waals surface area contributed by atoms with Gasteiger partial charge in [-0.25, -0.2) is 9.18 Å². The summed E-state index contributed by atoms with van der Waals surface area (Å²) in [6.45, 7) is 8.00. The zero-order valence-corrected chi connectivity index (χ0v) is 12.4. The number of hydrogen-bond acceptors (Lipinski definition) is 3. The molecule has 0 aliphatic carbocycles. The molecule has 1 aliphatic rings. The van der Waals surface area contributed by atoms with Gasteiger partial charge in [0.1, 0.15) is 5.82 Å². The van der Waals surface area contributed by atoms with E-state index in [9.17, 15) is 9.18 Å². The zero-order chi connectivity index (χ0) is 15.4. The first kappa shape index (κ1) is 15.5. The molecular weight excluding hydrogens is 271 g/mol. The van der Waals surface area contributed by atoms with Gasteiger partial charge < -0.3 is 10.0 Å². The summed E-state index contributed by atoms with van der Waals surface area (Å²) >= 11 is 0. The summed E-state index contributed by atoms with van der Waals surface area (Å²) in [6, 6.07) is 4.95. The molecule has 5 heteroatoms. The highest BCUT2D eigenvalue weighted by molar-refractivity contribution is 5.87. The van der Waals surface area contributed by atoms with Crippen LogP contribution in [-0.4, -0.2) is 48.2 Å². The van der Waals surface area contributed by atoms with Gasteiger partial charge in [-0.3, -0.25) is 4.90 Å². The van der Waals surface area contributed by atoms with E-state index in [1.165, 1.54) is 18.2 Å². The van der Waals surface area contributed by atoms with Crippen molar-refractivity contribution in [3.63, 3.8) is 0 Å². The third-order valence-corrected chi connectivity index (χ3v) is 3.91. The van der Waals surface area contributed by atoms with Gasteiger partial charge in [-0.1, -0.05) is 6.92 Å². The van der Waals surface area contributed by atoms with Gasteiger partial charge in [-0.05, 0) is 37.7 Å². The van der Waals surface area contributed by atoms with E-state index in [-0.39, 0.29) is 5.82 Å². The molecule has 0 saturated carbocycles. The maximum Gasteiger partial charge on any atom is 0.328 e. The van der Waals surface area contributed by atoms with E-state index in [4.69, 9.17) is 5.11 Å². The van der Waals surface area contributed by atoms with Gasteiger partial charge in [0.25, 0.3) is 0 Å². The predicted molar refractivity (Wildman–Crippen MR) is 82.0 cm³/mol. The van der Waals surface area contributed by atoms with Crippen molar-refractivity contribution in [1.29, 1.82) is 0 Å². The molecule has 1 unspecified atom stereocenters. The van der Waals surface area contributed by atoms with Gasteiger partial charge in [0, 0.05) is 43.0 Å². The molecule has 0 aromatic heterocycles. The number of rotatable bonds is 4. The summed E-state index contributed by atoms with van der Waals surface area (Å²) in [6.07, 6.45) is 2.50. The quantitative estimate of drug-likeness (QED) is 0.866. The average molecular weight is 292 g/mol. The highest BCUT2D eigenvalue weighted by Gasteiger charge is 2.23. The number of likely N-dealkylation sites (N-methyl/N-ethyl adjacent to an activating group) is 1. The molecule has 2 rings (SSSR count). The summed E-state index contributed by atoms with van der Waals surface area (Å²) < 4.78 is 13.4. The number of anilines is 1. The largest absolute Gasteiger partial charge is 0.478 e. The van der Waals surface area contributed by atoms with Crippen molar-refractivity contribution in [2.75, 3.05) is 31.1 Å². The second kappa shape index (κ2) is 6.72. The normalized spacial score (nSPS) is 20.1. The standard InChI is InChI=1S/C16H21FN2O2/c1-3-18-8-9-19(11-12(18)2)15-6-5-14(17)10-13(15)4-7-16(20)21/h4-7,10,12H,3,8-9,11H2,1-2H3,(H,20,21). The Bertz CT molecular complexity index is 545. The molecule has 114 valence electrons. The van der Waals surface area contributed by atoms with Crippen LogP contribution in [0.2, 0.25) is 0 Å². The maximum atomic E-state index is 13.4. The van der Waals surface area contributed by atoms with Crippen LogP contribution in [0, 0.1) is 5.82 Å². The van der Waals surface area contributed by atoms with Crippen molar-refractivity contribution in [2.45, 2.75) is 19.9 Å². The molecule has 1 fully saturated rings. The van der Waals surface area contributed by atoms with Crippen molar-refractivity contribution in [1.82, 2.24) is 4.90 Å². The molecule has 0 amide bonds. The fraction of sp³-hybridized carbons (Fsp3) is 0.438. The van der Waals surface area contributed by atoms with Crippen LogP contribution in [0.25, 0.3) is 6.08 Å². The molecule has 0 bridgehead atoms. The number of carboxylic acids is 1. The Morgan fingerprint density at radius 3 is 2.86 bits per heavy atom.